The first kappa shape index (κ1) is 11.2. The predicted octanol–water partition coefficient (Wildman–Crippen LogP) is 0.693. The van der Waals surface area contributed by atoms with Crippen molar-refractivity contribution < 1.29 is 4.79 Å². The molecule has 5 heteroatoms. The van der Waals surface area contributed by atoms with Crippen molar-refractivity contribution in [2.45, 2.75) is 25.8 Å². The maximum atomic E-state index is 10.9. The Labute approximate surface area is 88.7 Å². The third-order valence-electron chi connectivity index (χ3n) is 1.96. The highest BCUT2D eigenvalue weighted by molar-refractivity contribution is 5.77. The molecule has 5 nitrogen and oxygen atoms in total. The molecule has 80 valence electrons. The molecule has 1 aromatic heterocycles. The molecule has 0 radical (unpaired) electrons. The van der Waals surface area contributed by atoms with Gasteiger partial charge in [0.1, 0.15) is 6.42 Å². The second-order valence-electron chi connectivity index (χ2n) is 3.19. The predicted molar refractivity (Wildman–Crippen MR) is 54.7 cm³/mol. The molecule has 0 spiro atoms. The summed E-state index contributed by atoms with van der Waals surface area (Å²) >= 11 is 0. The summed E-state index contributed by atoms with van der Waals surface area (Å²) in [4.78, 5) is 14.8. The van der Waals surface area contributed by atoms with Gasteiger partial charge < -0.3 is 9.88 Å². The number of nitrogens with zero attached hydrogens (tertiary/aromatic N) is 3. The molecule has 1 rings (SSSR count). The standard InChI is InChI=1S/C10H14N4O/c11-4-3-10(15)13-5-1-2-7-14-8-6-12-9-14/h6,8-9H,1-3,5,7H2,(H,13,15). The SMILES string of the molecule is N#CCC(=O)NCCCCn1ccnc1. The van der Waals surface area contributed by atoms with Gasteiger partial charge in [-0.25, -0.2) is 4.98 Å². The molecule has 1 N–H and O–H groups in total. The molecule has 15 heavy (non-hydrogen) atoms. The van der Waals surface area contributed by atoms with E-state index in [2.05, 4.69) is 10.3 Å². The molecule has 0 aromatic carbocycles. The third-order valence-corrected chi connectivity index (χ3v) is 1.96. The number of carbonyl (C=O) groups is 1. The topological polar surface area (TPSA) is 70.7 Å². The minimum atomic E-state index is -0.194. The van der Waals surface area contributed by atoms with Gasteiger partial charge in [-0.1, -0.05) is 0 Å². The van der Waals surface area contributed by atoms with E-state index in [1.807, 2.05) is 10.8 Å². The monoisotopic (exact) mass is 206 g/mol. The van der Waals surface area contributed by atoms with Crippen LogP contribution >= 0.6 is 0 Å². The molecule has 0 atom stereocenters. The van der Waals surface area contributed by atoms with Crippen molar-refractivity contribution in [2.75, 3.05) is 6.54 Å². The smallest absolute Gasteiger partial charge is 0.234 e. The number of aromatic nitrogens is 2. The molecule has 1 aromatic rings. The average molecular weight is 206 g/mol. The van der Waals surface area contributed by atoms with Crippen LogP contribution in [-0.4, -0.2) is 22.0 Å². The molecule has 0 fully saturated rings. The van der Waals surface area contributed by atoms with E-state index < -0.39 is 0 Å². The summed E-state index contributed by atoms with van der Waals surface area (Å²) in [5, 5.41) is 10.9. The van der Waals surface area contributed by atoms with E-state index in [1.54, 1.807) is 18.6 Å². The van der Waals surface area contributed by atoms with Gasteiger partial charge in [0.2, 0.25) is 5.91 Å². The second kappa shape index (κ2) is 6.60. The summed E-state index contributed by atoms with van der Waals surface area (Å²) in [6.45, 7) is 1.54. The van der Waals surface area contributed by atoms with Gasteiger partial charge in [0.15, 0.2) is 0 Å². The first-order valence-electron chi connectivity index (χ1n) is 4.92. The molecule has 0 aliphatic carbocycles. The van der Waals surface area contributed by atoms with Crippen molar-refractivity contribution in [1.29, 1.82) is 5.26 Å². The van der Waals surface area contributed by atoms with Gasteiger partial charge >= 0.3 is 0 Å². The highest BCUT2D eigenvalue weighted by atomic mass is 16.1. The van der Waals surface area contributed by atoms with Gasteiger partial charge in [-0.3, -0.25) is 4.79 Å². The van der Waals surface area contributed by atoms with Gasteiger partial charge in [-0.05, 0) is 12.8 Å². The van der Waals surface area contributed by atoms with E-state index in [0.29, 0.717) is 6.54 Å². The maximum Gasteiger partial charge on any atom is 0.234 e. The highest BCUT2D eigenvalue weighted by Gasteiger charge is 1.97. The van der Waals surface area contributed by atoms with Crippen LogP contribution in [0, 0.1) is 11.3 Å². The van der Waals surface area contributed by atoms with E-state index in [9.17, 15) is 4.79 Å². The fourth-order valence-electron chi connectivity index (χ4n) is 1.20. The van der Waals surface area contributed by atoms with E-state index in [-0.39, 0.29) is 12.3 Å². The van der Waals surface area contributed by atoms with Crippen molar-refractivity contribution in [3.63, 3.8) is 0 Å². The van der Waals surface area contributed by atoms with Crippen LogP contribution in [0.3, 0.4) is 0 Å². The fraction of sp³-hybridized carbons (Fsp3) is 0.500. The lowest BCUT2D eigenvalue weighted by Gasteiger charge is -2.03. The van der Waals surface area contributed by atoms with E-state index in [1.165, 1.54) is 0 Å². The third kappa shape index (κ3) is 4.81. The molecule has 0 saturated carbocycles. The van der Waals surface area contributed by atoms with Crippen LogP contribution in [-0.2, 0) is 11.3 Å². The first-order chi connectivity index (χ1) is 7.33. The summed E-state index contributed by atoms with van der Waals surface area (Å²) in [5.41, 5.74) is 0. The Morgan fingerprint density at radius 3 is 3.07 bits per heavy atom. The lowest BCUT2D eigenvalue weighted by Crippen LogP contribution is -2.23. The summed E-state index contributed by atoms with van der Waals surface area (Å²) in [5.74, 6) is -0.194. The number of imidazole rings is 1. The van der Waals surface area contributed by atoms with Crippen molar-refractivity contribution in [1.82, 2.24) is 14.9 Å². The average Bonchev–Trinajstić information content (AvgIpc) is 2.70. The Kier molecular flexibility index (Phi) is 4.95. The number of amides is 1. The largest absolute Gasteiger partial charge is 0.355 e. The van der Waals surface area contributed by atoms with E-state index in [4.69, 9.17) is 5.26 Å². The summed E-state index contributed by atoms with van der Waals surface area (Å²) in [6.07, 6.45) is 7.28. The van der Waals surface area contributed by atoms with Crippen molar-refractivity contribution in [3.05, 3.63) is 18.7 Å². The number of rotatable bonds is 6. The van der Waals surface area contributed by atoms with Gasteiger partial charge in [0, 0.05) is 25.5 Å². The molecule has 0 saturated heterocycles. The van der Waals surface area contributed by atoms with Crippen LogP contribution in [0.4, 0.5) is 0 Å². The Balaban J connectivity index is 1.98. The van der Waals surface area contributed by atoms with Gasteiger partial charge in [0.05, 0.1) is 12.4 Å². The number of aryl methyl sites for hydroxylation is 1. The van der Waals surface area contributed by atoms with Gasteiger partial charge in [-0.2, -0.15) is 5.26 Å². The zero-order valence-corrected chi connectivity index (χ0v) is 8.52. The molecular formula is C10H14N4O. The molecule has 0 aliphatic rings. The van der Waals surface area contributed by atoms with Gasteiger partial charge in [-0.15, -0.1) is 0 Å². The minimum absolute atomic E-state index is 0.0540. The Morgan fingerprint density at radius 2 is 2.40 bits per heavy atom. The number of carbonyl (C=O) groups excluding carboxylic acids is 1. The molecule has 0 bridgehead atoms. The van der Waals surface area contributed by atoms with E-state index in [0.717, 1.165) is 19.4 Å². The summed E-state index contributed by atoms with van der Waals surface area (Å²) < 4.78 is 2.00. The van der Waals surface area contributed by atoms with Crippen molar-refractivity contribution >= 4 is 5.91 Å². The second-order valence-corrected chi connectivity index (χ2v) is 3.19. The number of unbranched alkanes of at least 4 members (excludes halogenated alkanes) is 1. The number of hydrogen-bond donors (Lipinski definition) is 1. The van der Waals surface area contributed by atoms with Gasteiger partial charge in [0.25, 0.3) is 0 Å². The van der Waals surface area contributed by atoms with Crippen LogP contribution < -0.4 is 5.32 Å². The Hall–Kier alpha value is -1.83. The lowest BCUT2D eigenvalue weighted by atomic mass is 10.3. The fourth-order valence-corrected chi connectivity index (χ4v) is 1.20. The zero-order valence-electron chi connectivity index (χ0n) is 8.52. The number of nitrogens with one attached hydrogen (secondary N) is 1. The molecule has 0 unspecified atom stereocenters. The van der Waals surface area contributed by atoms with Crippen LogP contribution in [0.15, 0.2) is 18.7 Å². The maximum absolute atomic E-state index is 10.9. The zero-order chi connectivity index (χ0) is 10.9. The van der Waals surface area contributed by atoms with Crippen molar-refractivity contribution in [2.24, 2.45) is 0 Å². The van der Waals surface area contributed by atoms with E-state index >= 15 is 0 Å². The van der Waals surface area contributed by atoms with Crippen LogP contribution in [0.5, 0.6) is 0 Å². The lowest BCUT2D eigenvalue weighted by molar-refractivity contribution is -0.120. The van der Waals surface area contributed by atoms with Crippen LogP contribution in [0.1, 0.15) is 19.3 Å². The van der Waals surface area contributed by atoms with Crippen LogP contribution in [0.2, 0.25) is 0 Å². The minimum Gasteiger partial charge on any atom is -0.355 e. The number of hydrogen-bond acceptors (Lipinski definition) is 3. The quantitative estimate of drug-likeness (QED) is 0.696. The summed E-state index contributed by atoms with van der Waals surface area (Å²) in [6, 6.07) is 1.81. The first-order valence-corrected chi connectivity index (χ1v) is 4.92. The summed E-state index contributed by atoms with van der Waals surface area (Å²) in [7, 11) is 0. The normalized spacial score (nSPS) is 9.53. The Morgan fingerprint density at radius 1 is 1.53 bits per heavy atom. The highest BCUT2D eigenvalue weighted by Crippen LogP contribution is 1.93. The molecule has 0 aliphatic heterocycles. The Bertz CT molecular complexity index is 326. The molecule has 1 amide bonds. The molecule has 1 heterocycles. The van der Waals surface area contributed by atoms with Crippen molar-refractivity contribution in [3.8, 4) is 6.07 Å². The van der Waals surface area contributed by atoms with Crippen LogP contribution in [0.25, 0.3) is 0 Å². The number of nitriles is 1. The molecular weight excluding hydrogens is 192 g/mol.